The molecule has 0 rings (SSSR count). The van der Waals surface area contributed by atoms with E-state index in [1.165, 1.54) is 6.26 Å². The smallest absolute Gasteiger partial charge is 0.123 e. The first kappa shape index (κ1) is 8.21. The summed E-state index contributed by atoms with van der Waals surface area (Å²) < 4.78 is 4.96. The number of carbonyl (C=O) groups excluding carboxylic acids is 1. The van der Waals surface area contributed by atoms with Crippen LogP contribution in [0.1, 0.15) is 19.8 Å². The highest BCUT2D eigenvalue weighted by atomic mass is 16.5. The van der Waals surface area contributed by atoms with E-state index in [1.54, 1.807) is 0 Å². The third kappa shape index (κ3) is 3.76. The van der Waals surface area contributed by atoms with Gasteiger partial charge in [0.25, 0.3) is 0 Å². The first-order valence-corrected chi connectivity index (χ1v) is 3.05. The molecule has 0 radical (unpaired) electrons. The fourth-order valence-corrected chi connectivity index (χ4v) is 0.562. The molecule has 9 heavy (non-hydrogen) atoms. The summed E-state index contributed by atoms with van der Waals surface area (Å²) >= 11 is 0. The number of carbonyl (C=O) groups is 1. The molecule has 0 aromatic rings. The highest BCUT2D eigenvalue weighted by Gasteiger charge is 2.01. The normalized spacial score (nSPS) is 12.1. The molecule has 1 unspecified atom stereocenters. The van der Waals surface area contributed by atoms with E-state index in [1.807, 2.05) is 6.92 Å². The van der Waals surface area contributed by atoms with Gasteiger partial charge >= 0.3 is 0 Å². The van der Waals surface area contributed by atoms with Crippen molar-refractivity contribution in [3.8, 4) is 0 Å². The molecular formula is C7H12O2. The maximum atomic E-state index is 9.93. The van der Waals surface area contributed by atoms with Crippen LogP contribution in [0.4, 0.5) is 0 Å². The Bertz CT molecular complexity index is 78.9. The van der Waals surface area contributed by atoms with Crippen LogP contribution in [0, 0.1) is 0 Å². The van der Waals surface area contributed by atoms with Gasteiger partial charge in [-0.3, -0.25) is 0 Å². The van der Waals surface area contributed by atoms with Crippen LogP contribution in [0.25, 0.3) is 0 Å². The zero-order valence-corrected chi connectivity index (χ0v) is 5.67. The second kappa shape index (κ2) is 5.35. The van der Waals surface area contributed by atoms with Crippen LogP contribution in [0.2, 0.25) is 0 Å². The van der Waals surface area contributed by atoms with Gasteiger partial charge in [-0.2, -0.15) is 0 Å². The quantitative estimate of drug-likeness (QED) is 0.414. The van der Waals surface area contributed by atoms with E-state index < -0.39 is 0 Å². The Balaban J connectivity index is 3.39. The molecule has 0 saturated carbocycles. The van der Waals surface area contributed by atoms with Crippen molar-refractivity contribution in [2.45, 2.75) is 25.9 Å². The molecule has 1 atom stereocenters. The van der Waals surface area contributed by atoms with Crippen molar-refractivity contribution in [3.63, 3.8) is 0 Å². The summed E-state index contributed by atoms with van der Waals surface area (Å²) in [5.74, 6) is 0. The molecule has 2 heteroatoms. The van der Waals surface area contributed by atoms with Gasteiger partial charge in [-0.1, -0.05) is 13.5 Å². The van der Waals surface area contributed by atoms with E-state index in [0.29, 0.717) is 6.42 Å². The fourth-order valence-electron chi connectivity index (χ4n) is 0.562. The van der Waals surface area contributed by atoms with E-state index in [9.17, 15) is 4.79 Å². The molecule has 0 saturated heterocycles. The van der Waals surface area contributed by atoms with Crippen molar-refractivity contribution >= 4 is 6.29 Å². The van der Waals surface area contributed by atoms with E-state index in [-0.39, 0.29) is 6.10 Å². The highest BCUT2D eigenvalue weighted by molar-refractivity contribution is 5.50. The van der Waals surface area contributed by atoms with Gasteiger partial charge in [-0.15, -0.1) is 0 Å². The van der Waals surface area contributed by atoms with E-state index in [0.717, 1.165) is 12.7 Å². The zero-order chi connectivity index (χ0) is 7.11. The van der Waals surface area contributed by atoms with Crippen molar-refractivity contribution in [2.75, 3.05) is 0 Å². The molecule has 2 nitrogen and oxygen atoms in total. The average Bonchev–Trinajstić information content (AvgIpc) is 1.88. The van der Waals surface area contributed by atoms with Gasteiger partial charge in [0.1, 0.15) is 12.4 Å². The molecule has 0 aliphatic rings. The van der Waals surface area contributed by atoms with Crippen molar-refractivity contribution in [1.29, 1.82) is 0 Å². The van der Waals surface area contributed by atoms with Crippen LogP contribution >= 0.6 is 0 Å². The summed E-state index contributed by atoms with van der Waals surface area (Å²) in [4.78, 5) is 9.93. The van der Waals surface area contributed by atoms with Crippen LogP contribution < -0.4 is 0 Å². The molecule has 0 fully saturated rings. The average molecular weight is 128 g/mol. The third-order valence-corrected chi connectivity index (χ3v) is 1.10. The van der Waals surface area contributed by atoms with Crippen molar-refractivity contribution < 1.29 is 9.53 Å². The summed E-state index contributed by atoms with van der Waals surface area (Å²) in [6, 6.07) is 0. The molecule has 0 bridgehead atoms. The zero-order valence-electron chi connectivity index (χ0n) is 5.67. The minimum Gasteiger partial charge on any atom is -0.498 e. The van der Waals surface area contributed by atoms with Crippen molar-refractivity contribution in [3.05, 3.63) is 12.8 Å². The largest absolute Gasteiger partial charge is 0.498 e. The lowest BCUT2D eigenvalue weighted by atomic mass is 10.2. The van der Waals surface area contributed by atoms with Gasteiger partial charge < -0.3 is 9.53 Å². The summed E-state index contributed by atoms with van der Waals surface area (Å²) in [6.45, 7) is 5.36. The van der Waals surface area contributed by atoms with E-state index in [2.05, 4.69) is 6.58 Å². The molecule has 0 aromatic carbocycles. The lowest BCUT2D eigenvalue weighted by molar-refractivity contribution is -0.109. The van der Waals surface area contributed by atoms with Crippen LogP contribution in [0.3, 0.4) is 0 Å². The van der Waals surface area contributed by atoms with E-state index >= 15 is 0 Å². The van der Waals surface area contributed by atoms with Crippen LogP contribution in [0.5, 0.6) is 0 Å². The molecule has 0 amide bonds. The van der Waals surface area contributed by atoms with Gasteiger partial charge in [-0.05, 0) is 6.42 Å². The first-order chi connectivity index (χ1) is 4.35. The summed E-state index contributed by atoms with van der Waals surface area (Å²) in [5, 5.41) is 0. The summed E-state index contributed by atoms with van der Waals surface area (Å²) in [6.07, 6.45) is 3.57. The Morgan fingerprint density at radius 2 is 2.44 bits per heavy atom. The minimum atomic E-state index is 0.0278. The number of ether oxygens (including phenoxy) is 1. The molecular weight excluding hydrogens is 116 g/mol. The lowest BCUT2D eigenvalue weighted by Crippen LogP contribution is -2.07. The molecule has 0 heterocycles. The van der Waals surface area contributed by atoms with Crippen LogP contribution in [-0.2, 0) is 9.53 Å². The third-order valence-electron chi connectivity index (χ3n) is 1.10. The van der Waals surface area contributed by atoms with Gasteiger partial charge in [-0.25, -0.2) is 0 Å². The molecule has 0 N–H and O–H groups in total. The Hall–Kier alpha value is -0.790. The van der Waals surface area contributed by atoms with E-state index in [4.69, 9.17) is 4.74 Å². The Kier molecular flexibility index (Phi) is 4.88. The number of hydrogen-bond donors (Lipinski definition) is 0. The fraction of sp³-hybridized carbons (Fsp3) is 0.571. The predicted octanol–water partition coefficient (Wildman–Crippen LogP) is 1.51. The standard InChI is InChI=1S/C7H12O2/c1-3-7(5-6-8)9-4-2/h4,6-7H,2-3,5H2,1H3. The Labute approximate surface area is 55.5 Å². The monoisotopic (exact) mass is 128 g/mol. The van der Waals surface area contributed by atoms with Crippen LogP contribution in [0.15, 0.2) is 12.8 Å². The molecule has 0 aromatic heterocycles. The molecule has 0 aliphatic heterocycles. The lowest BCUT2D eigenvalue weighted by Gasteiger charge is -2.09. The first-order valence-electron chi connectivity index (χ1n) is 3.05. The predicted molar refractivity (Wildman–Crippen MR) is 36.0 cm³/mol. The maximum absolute atomic E-state index is 9.93. The van der Waals surface area contributed by atoms with Gasteiger partial charge in [0.2, 0.25) is 0 Å². The SMILES string of the molecule is C=COC(CC)CC=O. The Morgan fingerprint density at radius 3 is 2.78 bits per heavy atom. The Morgan fingerprint density at radius 1 is 1.78 bits per heavy atom. The van der Waals surface area contributed by atoms with Crippen molar-refractivity contribution in [2.24, 2.45) is 0 Å². The second-order valence-corrected chi connectivity index (χ2v) is 1.74. The van der Waals surface area contributed by atoms with Crippen molar-refractivity contribution in [1.82, 2.24) is 0 Å². The van der Waals surface area contributed by atoms with Gasteiger partial charge in [0.05, 0.1) is 6.26 Å². The topological polar surface area (TPSA) is 26.3 Å². The molecule has 0 spiro atoms. The van der Waals surface area contributed by atoms with Gasteiger partial charge in [0.15, 0.2) is 0 Å². The maximum Gasteiger partial charge on any atom is 0.123 e. The molecule has 0 aliphatic carbocycles. The number of hydrogen-bond acceptors (Lipinski definition) is 2. The molecule has 52 valence electrons. The number of rotatable bonds is 5. The number of aldehydes is 1. The van der Waals surface area contributed by atoms with Crippen LogP contribution in [-0.4, -0.2) is 12.4 Å². The summed E-state index contributed by atoms with van der Waals surface area (Å²) in [5.41, 5.74) is 0. The van der Waals surface area contributed by atoms with Gasteiger partial charge in [0, 0.05) is 6.42 Å². The summed E-state index contributed by atoms with van der Waals surface area (Å²) in [7, 11) is 0. The highest BCUT2D eigenvalue weighted by Crippen LogP contribution is 2.00. The second-order valence-electron chi connectivity index (χ2n) is 1.74. The minimum absolute atomic E-state index is 0.0278.